The molecule has 0 atom stereocenters. The Morgan fingerprint density at radius 2 is 1.36 bits per heavy atom. The maximum atomic E-state index is 5.55. The van der Waals surface area contributed by atoms with Crippen molar-refractivity contribution >= 4 is 0 Å². The molecule has 1 aliphatic carbocycles. The molecule has 1 saturated carbocycles. The average molecular weight is 198 g/mol. The van der Waals surface area contributed by atoms with E-state index in [0.29, 0.717) is 5.92 Å². The van der Waals surface area contributed by atoms with Crippen molar-refractivity contribution < 1.29 is 9.47 Å². The Bertz CT molecular complexity index is 145. The molecule has 82 valence electrons. The fourth-order valence-electron chi connectivity index (χ4n) is 2.64. The van der Waals surface area contributed by atoms with Crippen molar-refractivity contribution in [1.82, 2.24) is 0 Å². The fourth-order valence-corrected chi connectivity index (χ4v) is 2.64. The van der Waals surface area contributed by atoms with E-state index < -0.39 is 0 Å². The highest BCUT2D eigenvalue weighted by Crippen LogP contribution is 2.34. The normalized spacial score (nSPS) is 45.0. The summed E-state index contributed by atoms with van der Waals surface area (Å²) < 4.78 is 11.1. The van der Waals surface area contributed by atoms with Gasteiger partial charge in [-0.25, -0.2) is 0 Å². The van der Waals surface area contributed by atoms with Crippen molar-refractivity contribution in [3.8, 4) is 0 Å². The van der Waals surface area contributed by atoms with Gasteiger partial charge < -0.3 is 9.47 Å². The molecule has 0 radical (unpaired) electrons. The van der Waals surface area contributed by atoms with Crippen LogP contribution in [0.25, 0.3) is 0 Å². The molecule has 2 fully saturated rings. The van der Waals surface area contributed by atoms with Crippen LogP contribution in [0.2, 0.25) is 0 Å². The summed E-state index contributed by atoms with van der Waals surface area (Å²) in [5.74, 6) is 2.47. The van der Waals surface area contributed by atoms with E-state index in [0.717, 1.165) is 25.0 Å². The second kappa shape index (κ2) is 4.63. The van der Waals surface area contributed by atoms with E-state index in [9.17, 15) is 0 Å². The van der Waals surface area contributed by atoms with E-state index in [1.807, 2.05) is 6.92 Å². The van der Waals surface area contributed by atoms with Gasteiger partial charge in [0.25, 0.3) is 0 Å². The van der Waals surface area contributed by atoms with Gasteiger partial charge in [-0.3, -0.25) is 0 Å². The minimum absolute atomic E-state index is 0.0220. The summed E-state index contributed by atoms with van der Waals surface area (Å²) in [6.45, 7) is 6.19. The van der Waals surface area contributed by atoms with Crippen LogP contribution in [-0.4, -0.2) is 19.5 Å². The van der Waals surface area contributed by atoms with Crippen LogP contribution in [-0.2, 0) is 9.47 Å². The molecule has 0 aromatic rings. The van der Waals surface area contributed by atoms with E-state index in [1.165, 1.54) is 25.7 Å². The molecule has 14 heavy (non-hydrogen) atoms. The van der Waals surface area contributed by atoms with E-state index in [1.54, 1.807) is 0 Å². The maximum absolute atomic E-state index is 5.55. The van der Waals surface area contributed by atoms with Crippen LogP contribution in [0.4, 0.5) is 0 Å². The molecule has 0 aromatic carbocycles. The van der Waals surface area contributed by atoms with Crippen LogP contribution >= 0.6 is 0 Å². The Hall–Kier alpha value is -0.0800. The molecule has 0 spiro atoms. The number of ether oxygens (including phenoxy) is 2. The van der Waals surface area contributed by atoms with Gasteiger partial charge in [0.2, 0.25) is 0 Å². The average Bonchev–Trinajstić information content (AvgIpc) is 2.21. The molecule has 2 nitrogen and oxygen atoms in total. The predicted octanol–water partition coefficient (Wildman–Crippen LogP) is 2.82. The molecular formula is C12H22O2. The molecule has 1 heterocycles. The highest BCUT2D eigenvalue weighted by Gasteiger charge is 2.29. The van der Waals surface area contributed by atoms with Crippen molar-refractivity contribution in [2.75, 3.05) is 13.2 Å². The van der Waals surface area contributed by atoms with Crippen molar-refractivity contribution in [3.05, 3.63) is 0 Å². The van der Waals surface area contributed by atoms with E-state index >= 15 is 0 Å². The lowest BCUT2D eigenvalue weighted by molar-refractivity contribution is -0.200. The van der Waals surface area contributed by atoms with Crippen LogP contribution in [0.15, 0.2) is 0 Å². The number of hydrogen-bond donors (Lipinski definition) is 0. The van der Waals surface area contributed by atoms with Gasteiger partial charge in [-0.1, -0.05) is 19.8 Å². The molecule has 2 rings (SSSR count). The third-order valence-electron chi connectivity index (χ3n) is 3.82. The molecule has 0 bridgehead atoms. The molecule has 2 aliphatic rings. The van der Waals surface area contributed by atoms with Crippen molar-refractivity contribution in [1.29, 1.82) is 0 Å². The minimum Gasteiger partial charge on any atom is -0.353 e. The lowest BCUT2D eigenvalue weighted by atomic mass is 9.76. The van der Waals surface area contributed by atoms with Crippen LogP contribution in [0.5, 0.6) is 0 Å². The Labute approximate surface area is 87.0 Å². The molecular weight excluding hydrogens is 176 g/mol. The zero-order valence-electron chi connectivity index (χ0n) is 9.37. The van der Waals surface area contributed by atoms with Crippen LogP contribution in [0.1, 0.15) is 39.5 Å². The van der Waals surface area contributed by atoms with E-state index in [4.69, 9.17) is 9.47 Å². The van der Waals surface area contributed by atoms with Gasteiger partial charge in [0, 0.05) is 5.92 Å². The maximum Gasteiger partial charge on any atom is 0.154 e. The van der Waals surface area contributed by atoms with E-state index in [-0.39, 0.29) is 6.29 Å². The summed E-state index contributed by atoms with van der Waals surface area (Å²) in [5, 5.41) is 0. The lowest BCUT2D eigenvalue weighted by Crippen LogP contribution is -2.35. The highest BCUT2D eigenvalue weighted by atomic mass is 16.7. The molecule has 0 unspecified atom stereocenters. The fraction of sp³-hybridized carbons (Fsp3) is 1.00. The summed E-state index contributed by atoms with van der Waals surface area (Å²) in [6.07, 6.45) is 5.58. The summed E-state index contributed by atoms with van der Waals surface area (Å²) in [6, 6.07) is 0. The second-order valence-electron chi connectivity index (χ2n) is 5.01. The first-order valence-electron chi connectivity index (χ1n) is 5.99. The Balaban J connectivity index is 1.78. The van der Waals surface area contributed by atoms with E-state index in [2.05, 4.69) is 6.92 Å². The molecule has 0 amide bonds. The molecule has 0 N–H and O–H groups in total. The van der Waals surface area contributed by atoms with Crippen molar-refractivity contribution in [2.24, 2.45) is 17.8 Å². The van der Waals surface area contributed by atoms with Gasteiger partial charge in [-0.15, -0.1) is 0 Å². The van der Waals surface area contributed by atoms with Crippen LogP contribution < -0.4 is 0 Å². The summed E-state index contributed by atoms with van der Waals surface area (Å²) >= 11 is 0. The third-order valence-corrected chi connectivity index (χ3v) is 3.82. The first-order valence-corrected chi connectivity index (χ1v) is 5.99. The standard InChI is InChI=1S/C12H22O2/c1-9-3-5-11(6-4-9)12-7-13-10(2)14-8-12/h9-12H,3-8H2,1-2H3. The Morgan fingerprint density at radius 1 is 0.786 bits per heavy atom. The summed E-state index contributed by atoms with van der Waals surface area (Å²) in [4.78, 5) is 0. The van der Waals surface area contributed by atoms with Gasteiger partial charge in [0.1, 0.15) is 0 Å². The first-order chi connectivity index (χ1) is 6.75. The smallest absolute Gasteiger partial charge is 0.154 e. The first kappa shape index (κ1) is 10.4. The van der Waals surface area contributed by atoms with Gasteiger partial charge in [-0.05, 0) is 31.6 Å². The monoisotopic (exact) mass is 198 g/mol. The highest BCUT2D eigenvalue weighted by molar-refractivity contribution is 4.77. The number of rotatable bonds is 1. The molecule has 0 aromatic heterocycles. The topological polar surface area (TPSA) is 18.5 Å². The van der Waals surface area contributed by atoms with Crippen molar-refractivity contribution in [3.63, 3.8) is 0 Å². The number of hydrogen-bond acceptors (Lipinski definition) is 2. The molecule has 2 heteroatoms. The van der Waals surface area contributed by atoms with Gasteiger partial charge >= 0.3 is 0 Å². The zero-order valence-corrected chi connectivity index (χ0v) is 9.37. The summed E-state index contributed by atoms with van der Waals surface area (Å²) in [7, 11) is 0. The van der Waals surface area contributed by atoms with Gasteiger partial charge in [0.15, 0.2) is 6.29 Å². The van der Waals surface area contributed by atoms with Gasteiger partial charge in [-0.2, -0.15) is 0 Å². The van der Waals surface area contributed by atoms with Crippen LogP contribution in [0, 0.1) is 17.8 Å². The van der Waals surface area contributed by atoms with Crippen molar-refractivity contribution in [2.45, 2.75) is 45.8 Å². The SMILES string of the molecule is CC1CCC(C2COC(C)OC2)CC1. The largest absolute Gasteiger partial charge is 0.353 e. The predicted molar refractivity (Wildman–Crippen MR) is 56.0 cm³/mol. The zero-order chi connectivity index (χ0) is 9.97. The summed E-state index contributed by atoms with van der Waals surface area (Å²) in [5.41, 5.74) is 0. The van der Waals surface area contributed by atoms with Crippen LogP contribution in [0.3, 0.4) is 0 Å². The second-order valence-corrected chi connectivity index (χ2v) is 5.01. The molecule has 1 aliphatic heterocycles. The Morgan fingerprint density at radius 3 is 1.93 bits per heavy atom. The quantitative estimate of drug-likeness (QED) is 0.645. The van der Waals surface area contributed by atoms with Gasteiger partial charge in [0.05, 0.1) is 13.2 Å². The minimum atomic E-state index is 0.0220. The third kappa shape index (κ3) is 2.48. The lowest BCUT2D eigenvalue weighted by Gasteiger charge is -2.36. The molecule has 1 saturated heterocycles. The Kier molecular flexibility index (Phi) is 3.45.